The van der Waals surface area contributed by atoms with Gasteiger partial charge in [-0.05, 0) is 75.4 Å². The number of amides is 5. The minimum atomic E-state index is -1.87. The van der Waals surface area contributed by atoms with Crippen molar-refractivity contribution >= 4 is 86.2 Å². The molecule has 2 aromatic carbocycles. The fourth-order valence-corrected chi connectivity index (χ4v) is 12.0. The summed E-state index contributed by atoms with van der Waals surface area (Å²) in [5.41, 5.74) is -0.559. The Labute approximate surface area is 439 Å². The van der Waals surface area contributed by atoms with Crippen LogP contribution in [0.25, 0.3) is 11.1 Å². The number of hydrogen-bond acceptors (Lipinski definition) is 16. The first kappa shape index (κ1) is 57.2. The number of benzene rings is 2. The summed E-state index contributed by atoms with van der Waals surface area (Å²) in [6.07, 6.45) is 2.96. The standard InChI is InChI=1S/C52H67ClN4O14S2/c1-29(2)48(63)68-40-26-45(61)56(8)37-23-33(22-30(3)12-11-13-39(67-10)52(65)27-41(69-49(64)55-52)51(7)28-50(40,6)71-51)24-38(66-9)47(37)34-16-17-36(35(53)25-34)54-42(58)18-14-31(4)72-73-32(5)15-21-46(62)70-57-43(59)19-20-44(57)60/h11-13,16-17,23-25,29,31-32,39-41,65H,14-15,18-22,26-28H2,1-10H3,(H,54,58)(H,55,64)/b13-11+,30-12+/t31?,32?,39-,40+,41+,50-,51-,52+/m1/s1. The zero-order chi connectivity index (χ0) is 53.6. The molecule has 3 N–H and O–H groups in total. The van der Waals surface area contributed by atoms with Crippen LogP contribution in [0.1, 0.15) is 112 Å². The number of imide groups is 1. The molecule has 0 spiro atoms. The number of halogens is 1. The molecule has 18 nitrogen and oxygen atoms in total. The monoisotopic (exact) mass is 1070 g/mol. The van der Waals surface area contributed by atoms with E-state index in [1.165, 1.54) is 19.1 Å². The van der Waals surface area contributed by atoms with E-state index in [1.807, 2.05) is 39.0 Å². The van der Waals surface area contributed by atoms with Crippen LogP contribution in [0.3, 0.4) is 0 Å². The zero-order valence-electron chi connectivity index (χ0n) is 43.0. The fourth-order valence-electron chi connectivity index (χ4n) is 9.25. The lowest BCUT2D eigenvalue weighted by atomic mass is 9.72. The summed E-state index contributed by atoms with van der Waals surface area (Å²) in [7, 11) is 7.75. The highest BCUT2D eigenvalue weighted by atomic mass is 35.5. The van der Waals surface area contributed by atoms with E-state index in [-0.39, 0.29) is 66.4 Å². The average molecular weight is 1070 g/mol. The SMILES string of the molecule is COc1cc2cc(c1-c1ccc(NC(=O)CCC(C)SSC(C)CCC(=O)ON3C(=O)CCC3=O)c(Cl)c1)N(C)C(=O)C[C@H](OC(=O)C(C)C)[C@@]1(C)C[C@@](C)(O1)[C@@H]1C[C@@](O)(NC(=O)O1)[C@H](OC)/C=C/C=C(\C)C2. The summed E-state index contributed by atoms with van der Waals surface area (Å²) in [5.74, 6) is -2.96. The molecule has 7 rings (SSSR count). The molecule has 0 aromatic heterocycles. The Morgan fingerprint density at radius 1 is 0.959 bits per heavy atom. The summed E-state index contributed by atoms with van der Waals surface area (Å²) >= 11 is 6.92. The quantitative estimate of drug-likeness (QED) is 0.0815. The summed E-state index contributed by atoms with van der Waals surface area (Å²) in [6.45, 7) is 12.8. The van der Waals surface area contributed by atoms with E-state index >= 15 is 0 Å². The van der Waals surface area contributed by atoms with Gasteiger partial charge in [-0.3, -0.25) is 29.3 Å². The Bertz CT molecular complexity index is 2500. The highest BCUT2D eigenvalue weighted by molar-refractivity contribution is 8.77. The van der Waals surface area contributed by atoms with E-state index < -0.39 is 76.9 Å². The van der Waals surface area contributed by atoms with Gasteiger partial charge in [0.2, 0.25) is 11.8 Å². The number of rotatable bonds is 16. The number of carbonyl (C=O) groups is 7. The largest absolute Gasteiger partial charge is 0.496 e. The molecule has 3 saturated heterocycles. The van der Waals surface area contributed by atoms with Crippen molar-refractivity contribution in [1.82, 2.24) is 10.4 Å². The first-order valence-electron chi connectivity index (χ1n) is 24.3. The number of anilines is 2. The minimum Gasteiger partial charge on any atom is -0.496 e. The van der Waals surface area contributed by atoms with Gasteiger partial charge in [0.25, 0.3) is 11.8 Å². The van der Waals surface area contributed by atoms with Gasteiger partial charge in [-0.1, -0.05) is 90.8 Å². The summed E-state index contributed by atoms with van der Waals surface area (Å²) in [4.78, 5) is 96.4. The highest BCUT2D eigenvalue weighted by Crippen LogP contribution is 2.51. The third-order valence-electron chi connectivity index (χ3n) is 13.3. The Hall–Kier alpha value is -5.12. The second-order valence-electron chi connectivity index (χ2n) is 19.9. The van der Waals surface area contributed by atoms with Gasteiger partial charge >= 0.3 is 18.0 Å². The normalized spacial score (nSPS) is 27.5. The molecule has 5 amide bonds. The number of fused-ring (bicyclic) bond motifs is 6. The Balaban J connectivity index is 1.21. The molecule has 5 aliphatic rings. The van der Waals surface area contributed by atoms with Gasteiger partial charge in [0, 0.05) is 68.7 Å². The molecule has 0 saturated carbocycles. The van der Waals surface area contributed by atoms with Crippen LogP contribution in [0, 0.1) is 5.92 Å². The average Bonchev–Trinajstić information content (AvgIpc) is 3.63. The van der Waals surface area contributed by atoms with Crippen LogP contribution in [0.15, 0.2) is 54.1 Å². The molecule has 0 aliphatic carbocycles. The van der Waals surface area contributed by atoms with Gasteiger partial charge in [0.1, 0.15) is 35.3 Å². The predicted molar refractivity (Wildman–Crippen MR) is 277 cm³/mol. The summed E-state index contributed by atoms with van der Waals surface area (Å²) in [6, 6.07) is 8.91. The van der Waals surface area contributed by atoms with Crippen molar-refractivity contribution in [3.8, 4) is 16.9 Å². The van der Waals surface area contributed by atoms with Crippen LogP contribution in [-0.4, -0.2) is 119 Å². The van der Waals surface area contributed by atoms with Crippen LogP contribution in [-0.2, 0) is 59.0 Å². The maximum absolute atomic E-state index is 14.7. The lowest BCUT2D eigenvalue weighted by Crippen LogP contribution is -2.72. The van der Waals surface area contributed by atoms with Crippen LogP contribution in [0.4, 0.5) is 16.2 Å². The van der Waals surface area contributed by atoms with Crippen molar-refractivity contribution in [3.63, 3.8) is 0 Å². The van der Waals surface area contributed by atoms with Crippen molar-refractivity contribution in [3.05, 3.63) is 64.7 Å². The maximum Gasteiger partial charge on any atom is 0.409 e. The number of aliphatic hydroxyl groups is 1. The maximum atomic E-state index is 14.7. The van der Waals surface area contributed by atoms with E-state index in [2.05, 4.69) is 10.6 Å². The van der Waals surface area contributed by atoms with E-state index in [9.17, 15) is 38.7 Å². The smallest absolute Gasteiger partial charge is 0.409 e. The van der Waals surface area contributed by atoms with Gasteiger partial charge < -0.3 is 43.8 Å². The molecular weight excluding hydrogens is 1000 g/mol. The zero-order valence-corrected chi connectivity index (χ0v) is 45.4. The van der Waals surface area contributed by atoms with Crippen molar-refractivity contribution in [2.24, 2.45) is 5.92 Å². The molecule has 398 valence electrons. The molecule has 2 aromatic rings. The fraction of sp³-hybridized carbons (Fsp3) is 0.558. The summed E-state index contributed by atoms with van der Waals surface area (Å²) < 4.78 is 30.1. The van der Waals surface area contributed by atoms with Crippen LogP contribution in [0.5, 0.6) is 5.75 Å². The number of methoxy groups -OCH3 is 2. The Kier molecular flexibility index (Phi) is 18.8. The second-order valence-corrected chi connectivity index (χ2v) is 23.4. The minimum absolute atomic E-state index is 0.0342. The number of carbonyl (C=O) groups excluding carboxylic acids is 7. The number of hydroxylamine groups is 2. The second kappa shape index (κ2) is 24.0. The number of ether oxygens (including phenoxy) is 5. The van der Waals surface area contributed by atoms with Crippen molar-refractivity contribution in [2.75, 3.05) is 31.5 Å². The molecule has 21 heteroatoms. The van der Waals surface area contributed by atoms with Gasteiger partial charge in [-0.2, -0.15) is 0 Å². The van der Waals surface area contributed by atoms with E-state index in [1.54, 1.807) is 86.7 Å². The van der Waals surface area contributed by atoms with Crippen molar-refractivity contribution < 1.29 is 67.2 Å². The molecule has 8 atom stereocenters. The molecule has 2 unspecified atom stereocenters. The van der Waals surface area contributed by atoms with Gasteiger partial charge in [0.05, 0.1) is 35.8 Å². The molecule has 5 heterocycles. The first-order valence-corrected chi connectivity index (χ1v) is 27.0. The number of esters is 1. The third kappa shape index (κ3) is 14.0. The molecule has 3 fully saturated rings. The topological polar surface area (TPSA) is 226 Å². The van der Waals surface area contributed by atoms with Crippen molar-refractivity contribution in [2.45, 2.75) is 158 Å². The molecular formula is C52H67ClN4O14S2. The number of nitrogens with zero attached hydrogens (tertiary/aromatic N) is 2. The first-order chi connectivity index (χ1) is 34.4. The van der Waals surface area contributed by atoms with Crippen molar-refractivity contribution in [1.29, 1.82) is 0 Å². The van der Waals surface area contributed by atoms with Gasteiger partial charge in [-0.25, -0.2) is 9.59 Å². The van der Waals surface area contributed by atoms with Crippen LogP contribution in [0.2, 0.25) is 5.02 Å². The number of hydrogen-bond donors (Lipinski definition) is 3. The lowest BCUT2D eigenvalue weighted by molar-refractivity contribution is -0.328. The molecule has 73 heavy (non-hydrogen) atoms. The molecule has 5 aliphatic heterocycles. The Morgan fingerprint density at radius 2 is 1.62 bits per heavy atom. The number of nitrogens with one attached hydrogen (secondary N) is 2. The molecule has 0 radical (unpaired) electrons. The number of allylic oxidation sites excluding steroid dienone is 3. The predicted octanol–water partition coefficient (Wildman–Crippen LogP) is 8.40. The van der Waals surface area contributed by atoms with Gasteiger partial charge in [0.15, 0.2) is 5.72 Å². The number of alkyl carbamates (subject to hydrolysis) is 1. The van der Waals surface area contributed by atoms with E-state index in [4.69, 9.17) is 40.1 Å². The van der Waals surface area contributed by atoms with E-state index in [0.717, 1.165) is 11.1 Å². The third-order valence-corrected chi connectivity index (χ3v) is 17.2. The van der Waals surface area contributed by atoms with Crippen LogP contribution >= 0.6 is 33.2 Å². The lowest BCUT2D eigenvalue weighted by Gasteiger charge is -2.59. The summed E-state index contributed by atoms with van der Waals surface area (Å²) in [5, 5.41) is 18.2. The Morgan fingerprint density at radius 3 is 2.23 bits per heavy atom. The van der Waals surface area contributed by atoms with E-state index in [0.29, 0.717) is 52.6 Å². The highest BCUT2D eigenvalue weighted by Gasteiger charge is 2.63. The van der Waals surface area contributed by atoms with Gasteiger partial charge in [-0.15, -0.1) is 5.06 Å². The molecule has 6 bridgehead atoms. The van der Waals surface area contributed by atoms with Crippen LogP contribution < -0.4 is 20.3 Å².